The number of morpholine rings is 1. The summed E-state index contributed by atoms with van der Waals surface area (Å²) >= 11 is 0. The molecule has 1 atom stereocenters. The van der Waals surface area contributed by atoms with Gasteiger partial charge in [0.05, 0.1) is 23.7 Å². The van der Waals surface area contributed by atoms with Gasteiger partial charge in [-0.1, -0.05) is 12.1 Å². The number of fused-ring (bicyclic) bond motifs is 1. The molecule has 3 N–H and O–H groups in total. The minimum Gasteiger partial charge on any atom is -0.375 e. The highest BCUT2D eigenvalue weighted by molar-refractivity contribution is 14.0. The Balaban J connectivity index is 0.00000176. The number of halogens is 1. The summed E-state index contributed by atoms with van der Waals surface area (Å²) in [5.74, 6) is 1.39. The van der Waals surface area contributed by atoms with Gasteiger partial charge in [0.2, 0.25) is 0 Å². The van der Waals surface area contributed by atoms with E-state index in [0.29, 0.717) is 19.1 Å². The Kier molecular flexibility index (Phi) is 5.63. The second-order valence-corrected chi connectivity index (χ2v) is 5.46. The number of guanidine groups is 1. The van der Waals surface area contributed by atoms with Crippen molar-refractivity contribution in [2.45, 2.75) is 26.5 Å². The third-order valence-corrected chi connectivity index (χ3v) is 3.72. The van der Waals surface area contributed by atoms with E-state index in [9.17, 15) is 0 Å². The highest BCUT2D eigenvalue weighted by atomic mass is 127. The van der Waals surface area contributed by atoms with Crippen molar-refractivity contribution in [1.29, 1.82) is 0 Å². The van der Waals surface area contributed by atoms with Crippen LogP contribution in [0.25, 0.3) is 11.0 Å². The maximum atomic E-state index is 6.06. The van der Waals surface area contributed by atoms with E-state index in [2.05, 4.69) is 32.9 Å². The quantitative estimate of drug-likeness (QED) is 0.447. The molecule has 2 aromatic rings. The van der Waals surface area contributed by atoms with Gasteiger partial charge in [0.15, 0.2) is 5.96 Å². The number of nitrogens with two attached hydrogens (primary N) is 1. The number of ether oxygens (including phenoxy) is 1. The molecule has 7 heteroatoms. The molecule has 22 heavy (non-hydrogen) atoms. The van der Waals surface area contributed by atoms with Gasteiger partial charge in [-0.25, -0.2) is 9.98 Å². The van der Waals surface area contributed by atoms with Crippen LogP contribution in [0.1, 0.15) is 18.3 Å². The fourth-order valence-corrected chi connectivity index (χ4v) is 2.58. The van der Waals surface area contributed by atoms with Gasteiger partial charge >= 0.3 is 0 Å². The number of aromatic nitrogens is 2. The minimum atomic E-state index is 0. The summed E-state index contributed by atoms with van der Waals surface area (Å²) in [6, 6.07) is 6.10. The summed E-state index contributed by atoms with van der Waals surface area (Å²) in [6.07, 6.45) is 0.196. The first-order valence-electron chi connectivity index (χ1n) is 7.24. The molecule has 1 aliphatic rings. The Hall–Kier alpha value is -1.35. The molecule has 0 spiro atoms. The third-order valence-electron chi connectivity index (χ3n) is 3.72. The van der Waals surface area contributed by atoms with Crippen molar-refractivity contribution in [3.63, 3.8) is 0 Å². The van der Waals surface area contributed by atoms with Gasteiger partial charge in [0.25, 0.3) is 0 Å². The molecule has 0 aliphatic carbocycles. The van der Waals surface area contributed by atoms with E-state index in [1.165, 1.54) is 0 Å². The Morgan fingerprint density at radius 3 is 3.09 bits per heavy atom. The van der Waals surface area contributed by atoms with E-state index in [1.54, 1.807) is 0 Å². The summed E-state index contributed by atoms with van der Waals surface area (Å²) in [5, 5.41) is 0. The van der Waals surface area contributed by atoms with Crippen LogP contribution in [0.4, 0.5) is 0 Å². The van der Waals surface area contributed by atoms with Gasteiger partial charge in [-0.3, -0.25) is 0 Å². The predicted octanol–water partition coefficient (Wildman–Crippen LogP) is 2.02. The molecule has 1 saturated heterocycles. The van der Waals surface area contributed by atoms with E-state index in [0.717, 1.165) is 35.5 Å². The standard InChI is InChI=1S/C15H21N5O.HI/c1-10-4-3-5-12-14(10)19-13(18-12)8-17-15(16)20-6-7-21-11(2)9-20;/h3-5,11H,6-9H2,1-2H3,(H2,16,17)(H,18,19);1H. The summed E-state index contributed by atoms with van der Waals surface area (Å²) in [7, 11) is 0. The lowest BCUT2D eigenvalue weighted by atomic mass is 10.2. The first-order valence-corrected chi connectivity index (χ1v) is 7.24. The van der Waals surface area contributed by atoms with Gasteiger partial charge in [-0.05, 0) is 25.5 Å². The number of nitrogens with zero attached hydrogens (tertiary/aromatic N) is 3. The highest BCUT2D eigenvalue weighted by Crippen LogP contribution is 2.15. The SMILES string of the molecule is Cc1cccc2[nH]c(CN=C(N)N3CCOC(C)C3)nc12.I. The van der Waals surface area contributed by atoms with Crippen molar-refractivity contribution < 1.29 is 4.74 Å². The predicted molar refractivity (Wildman–Crippen MR) is 98.6 cm³/mol. The number of hydrogen-bond acceptors (Lipinski definition) is 3. The fraction of sp³-hybridized carbons (Fsp3) is 0.467. The maximum absolute atomic E-state index is 6.06. The van der Waals surface area contributed by atoms with Crippen LogP contribution in [0.3, 0.4) is 0 Å². The van der Waals surface area contributed by atoms with E-state index in [4.69, 9.17) is 10.5 Å². The molecule has 1 fully saturated rings. The molecule has 0 saturated carbocycles. The molecular formula is C15H22IN5O. The number of para-hydroxylation sites is 1. The molecule has 120 valence electrons. The molecule has 6 nitrogen and oxygen atoms in total. The van der Waals surface area contributed by atoms with Crippen LogP contribution < -0.4 is 5.73 Å². The van der Waals surface area contributed by atoms with Crippen LogP contribution in [0.2, 0.25) is 0 Å². The zero-order valence-electron chi connectivity index (χ0n) is 12.9. The number of aliphatic imine (C=N–C) groups is 1. The van der Waals surface area contributed by atoms with Crippen molar-refractivity contribution in [3.05, 3.63) is 29.6 Å². The van der Waals surface area contributed by atoms with Crippen molar-refractivity contribution in [2.24, 2.45) is 10.7 Å². The number of rotatable bonds is 2. The number of nitrogens with one attached hydrogen (secondary N) is 1. The number of H-pyrrole nitrogens is 1. The Morgan fingerprint density at radius 2 is 2.36 bits per heavy atom. The lowest BCUT2D eigenvalue weighted by Crippen LogP contribution is -2.47. The first kappa shape index (κ1) is 17.0. The summed E-state index contributed by atoms with van der Waals surface area (Å²) in [4.78, 5) is 14.4. The second-order valence-electron chi connectivity index (χ2n) is 5.46. The first-order chi connectivity index (χ1) is 10.1. The van der Waals surface area contributed by atoms with Gasteiger partial charge in [0, 0.05) is 13.1 Å². The van der Waals surface area contributed by atoms with Gasteiger partial charge in [-0.2, -0.15) is 0 Å². The van der Waals surface area contributed by atoms with E-state index in [1.807, 2.05) is 19.1 Å². The van der Waals surface area contributed by atoms with Crippen molar-refractivity contribution in [3.8, 4) is 0 Å². The molecule has 3 rings (SSSR count). The topological polar surface area (TPSA) is 79.5 Å². The number of imidazole rings is 1. The molecule has 1 aromatic heterocycles. The molecular weight excluding hydrogens is 393 g/mol. The smallest absolute Gasteiger partial charge is 0.191 e. The lowest BCUT2D eigenvalue weighted by Gasteiger charge is -2.31. The molecule has 1 aromatic carbocycles. The molecule has 0 amide bonds. The van der Waals surface area contributed by atoms with Crippen molar-refractivity contribution in [2.75, 3.05) is 19.7 Å². The van der Waals surface area contributed by atoms with Crippen LogP contribution in [-0.4, -0.2) is 46.6 Å². The zero-order valence-corrected chi connectivity index (χ0v) is 15.2. The van der Waals surface area contributed by atoms with Gasteiger partial charge in [-0.15, -0.1) is 24.0 Å². The molecule has 1 aliphatic heterocycles. The normalized spacial score (nSPS) is 19.3. The van der Waals surface area contributed by atoms with E-state index < -0.39 is 0 Å². The van der Waals surface area contributed by atoms with Gasteiger partial charge < -0.3 is 20.4 Å². The number of aryl methyl sites for hydroxylation is 1. The largest absolute Gasteiger partial charge is 0.375 e. The van der Waals surface area contributed by atoms with Crippen LogP contribution in [0, 0.1) is 6.92 Å². The highest BCUT2D eigenvalue weighted by Gasteiger charge is 2.18. The Morgan fingerprint density at radius 1 is 1.55 bits per heavy atom. The van der Waals surface area contributed by atoms with Crippen LogP contribution >= 0.6 is 24.0 Å². The number of benzene rings is 1. The molecule has 0 radical (unpaired) electrons. The molecule has 1 unspecified atom stereocenters. The average Bonchev–Trinajstić information content (AvgIpc) is 2.89. The monoisotopic (exact) mass is 415 g/mol. The van der Waals surface area contributed by atoms with Gasteiger partial charge in [0.1, 0.15) is 12.4 Å². The average molecular weight is 415 g/mol. The number of hydrogen-bond donors (Lipinski definition) is 2. The van der Waals surface area contributed by atoms with Crippen LogP contribution in [-0.2, 0) is 11.3 Å². The minimum absolute atomic E-state index is 0. The second kappa shape index (κ2) is 7.28. The lowest BCUT2D eigenvalue weighted by molar-refractivity contribution is 0.00528. The van der Waals surface area contributed by atoms with E-state index >= 15 is 0 Å². The number of aromatic amines is 1. The molecule has 2 heterocycles. The van der Waals surface area contributed by atoms with Crippen molar-refractivity contribution in [1.82, 2.24) is 14.9 Å². The Labute approximate surface area is 147 Å². The zero-order chi connectivity index (χ0) is 14.8. The maximum Gasteiger partial charge on any atom is 0.191 e. The Bertz CT molecular complexity index is 669. The third kappa shape index (κ3) is 3.70. The van der Waals surface area contributed by atoms with E-state index in [-0.39, 0.29) is 30.1 Å². The molecule has 0 bridgehead atoms. The summed E-state index contributed by atoms with van der Waals surface area (Å²) in [6.45, 7) is 6.83. The van der Waals surface area contributed by atoms with Crippen LogP contribution in [0.5, 0.6) is 0 Å². The fourth-order valence-electron chi connectivity index (χ4n) is 2.58. The summed E-state index contributed by atoms with van der Waals surface area (Å²) < 4.78 is 5.50. The van der Waals surface area contributed by atoms with Crippen molar-refractivity contribution >= 4 is 41.0 Å². The summed E-state index contributed by atoms with van der Waals surface area (Å²) in [5.41, 5.74) is 9.26. The van der Waals surface area contributed by atoms with Crippen LogP contribution in [0.15, 0.2) is 23.2 Å².